The summed E-state index contributed by atoms with van der Waals surface area (Å²) >= 11 is 0. The third-order valence-corrected chi connectivity index (χ3v) is 5.32. The molecule has 1 aliphatic heterocycles. The van der Waals surface area contributed by atoms with Crippen LogP contribution in [0.2, 0.25) is 0 Å². The van der Waals surface area contributed by atoms with E-state index in [1.165, 1.54) is 33.0 Å². The van der Waals surface area contributed by atoms with E-state index < -0.39 is 0 Å². The summed E-state index contributed by atoms with van der Waals surface area (Å²) in [5.41, 5.74) is 5.61. The van der Waals surface area contributed by atoms with E-state index in [9.17, 15) is 4.79 Å². The zero-order valence-corrected chi connectivity index (χ0v) is 25.2. The number of nitrogens with zero attached hydrogens (tertiary/aromatic N) is 3. The van der Waals surface area contributed by atoms with Crippen LogP contribution in [-0.2, 0) is 9.53 Å². The van der Waals surface area contributed by atoms with E-state index in [1.807, 2.05) is 37.0 Å². The van der Waals surface area contributed by atoms with Gasteiger partial charge in [-0.3, -0.25) is 10.1 Å². The summed E-state index contributed by atoms with van der Waals surface area (Å²) in [6.07, 6.45) is 17.1. The summed E-state index contributed by atoms with van der Waals surface area (Å²) in [5, 5.41) is 9.20. The SMILES string of the molecule is C=C/C=C\C=C(/C)CN1/C=N/C(NCC(C)OCCCC)N/C=C/NC(=O)C1.CCCCN(C)CC.CN. The van der Waals surface area contributed by atoms with Gasteiger partial charge < -0.3 is 30.9 Å². The number of carbonyl (C=O) groups is 1. The van der Waals surface area contributed by atoms with Crippen molar-refractivity contribution in [3.63, 3.8) is 0 Å². The van der Waals surface area contributed by atoms with Gasteiger partial charge in [0.05, 0.1) is 19.0 Å². The predicted octanol–water partition coefficient (Wildman–Crippen LogP) is 3.59. The Labute approximate surface area is 233 Å². The minimum absolute atomic E-state index is 0.0942. The smallest absolute Gasteiger partial charge is 0.243 e. The van der Waals surface area contributed by atoms with Gasteiger partial charge in [0.1, 0.15) is 0 Å². The summed E-state index contributed by atoms with van der Waals surface area (Å²) in [6.45, 7) is 19.0. The maximum absolute atomic E-state index is 12.0. The first kappa shape index (κ1) is 37.7. The lowest BCUT2D eigenvalue weighted by Crippen LogP contribution is -2.44. The van der Waals surface area contributed by atoms with Crippen molar-refractivity contribution >= 4 is 12.2 Å². The number of carbonyl (C=O) groups excluding carboxylic acids is 1. The Balaban J connectivity index is 0. The second-order valence-corrected chi connectivity index (χ2v) is 8.97. The summed E-state index contributed by atoms with van der Waals surface area (Å²) in [4.78, 5) is 20.8. The Kier molecular flexibility index (Phi) is 27.3. The molecule has 0 radical (unpaired) electrons. The van der Waals surface area contributed by atoms with Crippen molar-refractivity contribution in [2.75, 3.05) is 53.4 Å². The van der Waals surface area contributed by atoms with E-state index in [0.29, 0.717) is 13.1 Å². The third-order valence-electron chi connectivity index (χ3n) is 5.32. The van der Waals surface area contributed by atoms with E-state index >= 15 is 0 Å². The fourth-order valence-electron chi connectivity index (χ4n) is 2.98. The fourth-order valence-corrected chi connectivity index (χ4v) is 2.98. The largest absolute Gasteiger partial charge is 0.377 e. The van der Waals surface area contributed by atoms with Crippen LogP contribution in [0.5, 0.6) is 0 Å². The van der Waals surface area contributed by atoms with Crippen molar-refractivity contribution in [2.45, 2.75) is 72.7 Å². The molecule has 1 amide bonds. The molecule has 0 aliphatic carbocycles. The molecule has 0 aromatic rings. The van der Waals surface area contributed by atoms with Crippen LogP contribution in [0.15, 0.2) is 53.8 Å². The number of nitrogens with two attached hydrogens (primary N) is 1. The number of ether oxygens (including phenoxy) is 1. The molecule has 9 nitrogen and oxygen atoms in total. The molecule has 220 valence electrons. The van der Waals surface area contributed by atoms with Crippen molar-refractivity contribution in [3.8, 4) is 0 Å². The highest BCUT2D eigenvalue weighted by atomic mass is 16.5. The molecule has 0 saturated heterocycles. The van der Waals surface area contributed by atoms with Crippen molar-refractivity contribution < 1.29 is 9.53 Å². The molecule has 0 aromatic heterocycles. The van der Waals surface area contributed by atoms with Crippen LogP contribution >= 0.6 is 0 Å². The average Bonchev–Trinajstić information content (AvgIpc) is 2.92. The molecule has 1 heterocycles. The van der Waals surface area contributed by atoms with Gasteiger partial charge in [-0.1, -0.05) is 70.1 Å². The van der Waals surface area contributed by atoms with Crippen molar-refractivity contribution in [1.29, 1.82) is 0 Å². The van der Waals surface area contributed by atoms with Gasteiger partial charge in [0, 0.05) is 32.1 Å². The highest BCUT2D eigenvalue weighted by Gasteiger charge is 2.11. The lowest BCUT2D eigenvalue weighted by molar-refractivity contribution is -0.120. The second-order valence-electron chi connectivity index (χ2n) is 8.97. The Morgan fingerprint density at radius 1 is 1.29 bits per heavy atom. The number of nitrogens with one attached hydrogen (secondary N) is 3. The van der Waals surface area contributed by atoms with E-state index in [4.69, 9.17) is 4.74 Å². The minimum Gasteiger partial charge on any atom is -0.377 e. The van der Waals surface area contributed by atoms with Crippen LogP contribution in [0, 0.1) is 0 Å². The van der Waals surface area contributed by atoms with Crippen LogP contribution in [-0.4, -0.2) is 87.9 Å². The van der Waals surface area contributed by atoms with Gasteiger partial charge in [-0.15, -0.1) is 0 Å². The maximum atomic E-state index is 12.0. The van der Waals surface area contributed by atoms with E-state index in [2.05, 4.69) is 66.0 Å². The van der Waals surface area contributed by atoms with Gasteiger partial charge in [-0.2, -0.15) is 0 Å². The molecule has 0 fully saturated rings. The molecule has 2 atom stereocenters. The van der Waals surface area contributed by atoms with E-state index in [-0.39, 0.29) is 24.8 Å². The molecule has 38 heavy (non-hydrogen) atoms. The number of amides is 1. The van der Waals surface area contributed by atoms with Crippen molar-refractivity contribution in [3.05, 3.63) is 48.9 Å². The van der Waals surface area contributed by atoms with E-state index in [1.54, 1.807) is 24.8 Å². The van der Waals surface area contributed by atoms with Crippen LogP contribution < -0.4 is 21.7 Å². The summed E-state index contributed by atoms with van der Waals surface area (Å²) in [5.74, 6) is -0.0942. The normalized spacial score (nSPS) is 18.3. The fraction of sp³-hybridized carbons (Fsp3) is 0.655. The first-order chi connectivity index (χ1) is 18.4. The molecule has 5 N–H and O–H groups in total. The van der Waals surface area contributed by atoms with Gasteiger partial charge in [0.15, 0.2) is 6.29 Å². The average molecular weight is 536 g/mol. The highest BCUT2D eigenvalue weighted by molar-refractivity contribution is 5.81. The molecule has 1 aliphatic rings. The zero-order chi connectivity index (χ0) is 29.0. The van der Waals surface area contributed by atoms with Gasteiger partial charge in [-0.05, 0) is 53.9 Å². The molecular formula is C29H57N7O2. The first-order valence-electron chi connectivity index (χ1n) is 13.9. The summed E-state index contributed by atoms with van der Waals surface area (Å²) in [6, 6.07) is 0. The Hall–Kier alpha value is -2.46. The third kappa shape index (κ3) is 23.9. The second kappa shape index (κ2) is 27.6. The molecule has 0 spiro atoms. The number of allylic oxidation sites excluding steroid dienone is 4. The molecule has 0 aromatic carbocycles. The molecule has 2 unspecified atom stereocenters. The monoisotopic (exact) mass is 535 g/mol. The topological polar surface area (TPSA) is 107 Å². The summed E-state index contributed by atoms with van der Waals surface area (Å²) in [7, 11) is 3.66. The first-order valence-corrected chi connectivity index (χ1v) is 13.9. The van der Waals surface area contributed by atoms with Crippen LogP contribution in [0.1, 0.15) is 60.3 Å². The van der Waals surface area contributed by atoms with Crippen LogP contribution in [0.3, 0.4) is 0 Å². The lowest BCUT2D eigenvalue weighted by Gasteiger charge is -2.23. The van der Waals surface area contributed by atoms with Gasteiger partial charge in [-0.25, -0.2) is 4.99 Å². The van der Waals surface area contributed by atoms with Gasteiger partial charge in [0.2, 0.25) is 5.91 Å². The molecular weight excluding hydrogens is 478 g/mol. The maximum Gasteiger partial charge on any atom is 0.243 e. The lowest BCUT2D eigenvalue weighted by atomic mass is 10.2. The van der Waals surface area contributed by atoms with Gasteiger partial charge in [0.25, 0.3) is 0 Å². The Morgan fingerprint density at radius 3 is 2.63 bits per heavy atom. The standard InChI is InChI=1S/C21H35N5O2.C7H17N.CH5N/c1-5-7-9-10-18(3)15-26-16-20(27)22-11-12-23-21(25-17-26)24-14-19(4)28-13-8-6-2;1-4-6-7-8(3)5-2;1-2/h5,7,9-12,17,19,21,23-24H,1,6,8,13-16H2,2-4H3,(H,22,27);4-7H2,1-3H3;2H2,1H3/b9-7-,12-11+,18-10+,25-17+;;. The molecule has 9 heteroatoms. The molecule has 0 saturated carbocycles. The highest BCUT2D eigenvalue weighted by Crippen LogP contribution is 2.00. The number of rotatable bonds is 15. The quantitative estimate of drug-likeness (QED) is 0.188. The number of hydrogen-bond acceptors (Lipinski definition) is 8. The van der Waals surface area contributed by atoms with Crippen molar-refractivity contribution in [1.82, 2.24) is 25.8 Å². The predicted molar refractivity (Wildman–Crippen MR) is 164 cm³/mol. The van der Waals surface area contributed by atoms with Gasteiger partial charge >= 0.3 is 0 Å². The molecule has 0 bridgehead atoms. The van der Waals surface area contributed by atoms with Crippen molar-refractivity contribution in [2.24, 2.45) is 10.7 Å². The number of unbranched alkanes of at least 4 members (excludes halogenated alkanes) is 2. The van der Waals surface area contributed by atoms with Crippen LogP contribution in [0.4, 0.5) is 0 Å². The van der Waals surface area contributed by atoms with E-state index in [0.717, 1.165) is 25.0 Å². The Bertz CT molecular complexity index is 692. The zero-order valence-electron chi connectivity index (χ0n) is 25.2. The summed E-state index contributed by atoms with van der Waals surface area (Å²) < 4.78 is 5.76. The molecule has 1 rings (SSSR count). The van der Waals surface area contributed by atoms with Crippen LogP contribution in [0.25, 0.3) is 0 Å². The Morgan fingerprint density at radius 2 is 2.00 bits per heavy atom. The minimum atomic E-state index is -0.309. The number of aliphatic imine (C=N–C) groups is 1. The number of hydrogen-bond donors (Lipinski definition) is 4.